The third-order valence-corrected chi connectivity index (χ3v) is 6.03. The van der Waals surface area contributed by atoms with Crippen LogP contribution in [-0.2, 0) is 0 Å². The van der Waals surface area contributed by atoms with Gasteiger partial charge in [0.15, 0.2) is 0 Å². The molecule has 5 aromatic heterocycles. The zero-order valence-electron chi connectivity index (χ0n) is 17.0. The summed E-state index contributed by atoms with van der Waals surface area (Å²) in [6.07, 6.45) is 3.66. The summed E-state index contributed by atoms with van der Waals surface area (Å²) in [4.78, 5) is 21.2. The van der Waals surface area contributed by atoms with Gasteiger partial charge in [-0.2, -0.15) is 0 Å². The minimum absolute atomic E-state index is 0.893. The van der Waals surface area contributed by atoms with Crippen molar-refractivity contribution in [3.63, 3.8) is 0 Å². The van der Waals surface area contributed by atoms with E-state index >= 15 is 0 Å². The van der Waals surface area contributed by atoms with E-state index in [2.05, 4.69) is 68.5 Å². The Morgan fingerprint density at radius 2 is 1.00 bits per heavy atom. The Kier molecular flexibility index (Phi) is 3.49. The summed E-state index contributed by atoms with van der Waals surface area (Å²) >= 11 is 0. The number of pyridine rings is 3. The van der Waals surface area contributed by atoms with Crippen LogP contribution in [0.15, 0.2) is 91.3 Å². The second kappa shape index (κ2) is 6.49. The standard InChI is InChI=1S/C27H17N5/c1-6-20(22-14-18-10-8-16-4-2-12-28-24(16)26(18)31-22)30-21(7-1)23-15-19-11-9-17-5-3-13-29-25(17)27(19)32-23/h1-15,31-32H. The van der Waals surface area contributed by atoms with Crippen LogP contribution in [0, 0.1) is 0 Å². The fraction of sp³-hybridized carbons (Fsp3) is 0. The minimum Gasteiger partial charge on any atom is -0.351 e. The first-order chi connectivity index (χ1) is 15.8. The van der Waals surface area contributed by atoms with Crippen LogP contribution in [0.3, 0.4) is 0 Å². The molecule has 0 atom stereocenters. The molecular weight excluding hydrogens is 394 g/mol. The van der Waals surface area contributed by atoms with E-state index in [0.717, 1.165) is 66.4 Å². The molecule has 0 fully saturated rings. The molecule has 0 aliphatic carbocycles. The maximum atomic E-state index is 4.96. The molecule has 0 radical (unpaired) electrons. The third kappa shape index (κ3) is 2.55. The molecule has 150 valence electrons. The number of benzene rings is 2. The molecule has 5 heteroatoms. The molecule has 0 saturated heterocycles. The van der Waals surface area contributed by atoms with Crippen LogP contribution >= 0.6 is 0 Å². The smallest absolute Gasteiger partial charge is 0.0942 e. The summed E-state index contributed by atoms with van der Waals surface area (Å²) in [6.45, 7) is 0. The highest BCUT2D eigenvalue weighted by Gasteiger charge is 2.12. The van der Waals surface area contributed by atoms with Crippen LogP contribution in [0.5, 0.6) is 0 Å². The average Bonchev–Trinajstić information content (AvgIpc) is 3.49. The second-order valence-corrected chi connectivity index (χ2v) is 7.98. The van der Waals surface area contributed by atoms with Crippen molar-refractivity contribution in [3.05, 3.63) is 91.3 Å². The summed E-state index contributed by atoms with van der Waals surface area (Å²) in [5, 5.41) is 4.49. The van der Waals surface area contributed by atoms with E-state index in [0.29, 0.717) is 0 Å². The van der Waals surface area contributed by atoms with E-state index in [-0.39, 0.29) is 0 Å². The third-order valence-electron chi connectivity index (χ3n) is 6.03. The van der Waals surface area contributed by atoms with Gasteiger partial charge in [-0.3, -0.25) is 9.97 Å². The van der Waals surface area contributed by atoms with E-state index in [1.165, 1.54) is 0 Å². The molecular formula is C27H17N5. The highest BCUT2D eigenvalue weighted by atomic mass is 14.8. The van der Waals surface area contributed by atoms with E-state index < -0.39 is 0 Å². The fourth-order valence-corrected chi connectivity index (χ4v) is 4.49. The van der Waals surface area contributed by atoms with Crippen LogP contribution in [0.1, 0.15) is 0 Å². The normalized spacial score (nSPS) is 11.8. The van der Waals surface area contributed by atoms with Gasteiger partial charge in [0.2, 0.25) is 0 Å². The predicted octanol–water partition coefficient (Wildman–Crippen LogP) is 6.47. The molecule has 7 aromatic rings. The SMILES string of the molecule is c1cc(-c2cc3ccc4cccnc4c3[nH]2)nc(-c2cc3ccc4cccnc4c3[nH]2)c1. The van der Waals surface area contributed by atoms with Crippen molar-refractivity contribution >= 4 is 43.6 Å². The Hall–Kier alpha value is -4.51. The Morgan fingerprint density at radius 1 is 0.500 bits per heavy atom. The molecule has 2 aromatic carbocycles. The van der Waals surface area contributed by atoms with Crippen molar-refractivity contribution in [2.24, 2.45) is 0 Å². The highest BCUT2D eigenvalue weighted by molar-refractivity contribution is 6.05. The van der Waals surface area contributed by atoms with Crippen LogP contribution in [-0.4, -0.2) is 24.9 Å². The molecule has 0 unspecified atom stereocenters. The van der Waals surface area contributed by atoms with Gasteiger partial charge in [0.25, 0.3) is 0 Å². The van der Waals surface area contributed by atoms with E-state index in [1.54, 1.807) is 0 Å². The molecule has 0 bridgehead atoms. The lowest BCUT2D eigenvalue weighted by atomic mass is 10.1. The Labute approximate surface area is 182 Å². The summed E-state index contributed by atoms with van der Waals surface area (Å²) in [7, 11) is 0. The van der Waals surface area contributed by atoms with Gasteiger partial charge < -0.3 is 9.97 Å². The largest absolute Gasteiger partial charge is 0.351 e. The molecule has 5 nitrogen and oxygen atoms in total. The molecule has 7 rings (SSSR count). The molecule has 0 saturated carbocycles. The zero-order valence-corrected chi connectivity index (χ0v) is 17.0. The summed E-state index contributed by atoms with van der Waals surface area (Å²) < 4.78 is 0. The molecule has 0 spiro atoms. The van der Waals surface area contributed by atoms with E-state index in [1.807, 2.05) is 42.7 Å². The number of aromatic amines is 2. The van der Waals surface area contributed by atoms with E-state index in [4.69, 9.17) is 4.98 Å². The number of rotatable bonds is 2. The van der Waals surface area contributed by atoms with Crippen LogP contribution in [0.25, 0.3) is 66.4 Å². The summed E-state index contributed by atoms with van der Waals surface area (Å²) in [5.41, 5.74) is 7.76. The van der Waals surface area contributed by atoms with Gasteiger partial charge in [-0.05, 0) is 36.4 Å². The van der Waals surface area contributed by atoms with Crippen molar-refractivity contribution in [3.8, 4) is 22.8 Å². The first kappa shape index (κ1) is 17.2. The first-order valence-electron chi connectivity index (χ1n) is 10.5. The van der Waals surface area contributed by atoms with Gasteiger partial charge in [-0.15, -0.1) is 0 Å². The van der Waals surface area contributed by atoms with E-state index in [9.17, 15) is 0 Å². The Bertz CT molecular complexity index is 1660. The lowest BCUT2D eigenvalue weighted by molar-refractivity contribution is 1.27. The average molecular weight is 411 g/mol. The van der Waals surface area contributed by atoms with Crippen LogP contribution < -0.4 is 0 Å². The van der Waals surface area contributed by atoms with Gasteiger partial charge in [0.1, 0.15) is 0 Å². The first-order valence-corrected chi connectivity index (χ1v) is 10.5. The monoisotopic (exact) mass is 411 g/mol. The minimum atomic E-state index is 0.893. The number of H-pyrrole nitrogens is 2. The van der Waals surface area contributed by atoms with Crippen molar-refractivity contribution in [2.45, 2.75) is 0 Å². The van der Waals surface area contributed by atoms with Gasteiger partial charge >= 0.3 is 0 Å². The maximum absolute atomic E-state index is 4.96. The van der Waals surface area contributed by atoms with Crippen LogP contribution in [0.4, 0.5) is 0 Å². The number of aromatic nitrogens is 5. The molecule has 2 N–H and O–H groups in total. The number of fused-ring (bicyclic) bond motifs is 6. The highest BCUT2D eigenvalue weighted by Crippen LogP contribution is 2.31. The quantitative estimate of drug-likeness (QED) is 0.342. The van der Waals surface area contributed by atoms with Crippen molar-refractivity contribution < 1.29 is 0 Å². The topological polar surface area (TPSA) is 70.2 Å². The van der Waals surface area contributed by atoms with Crippen molar-refractivity contribution in [2.75, 3.05) is 0 Å². The Morgan fingerprint density at radius 3 is 1.53 bits per heavy atom. The molecule has 0 aliphatic heterocycles. The lowest BCUT2D eigenvalue weighted by Crippen LogP contribution is -1.88. The number of nitrogens with one attached hydrogen (secondary N) is 2. The molecule has 5 heterocycles. The molecule has 0 amide bonds. The van der Waals surface area contributed by atoms with Gasteiger partial charge in [-0.25, -0.2) is 4.98 Å². The maximum Gasteiger partial charge on any atom is 0.0942 e. The molecule has 32 heavy (non-hydrogen) atoms. The van der Waals surface area contributed by atoms with Gasteiger partial charge in [0, 0.05) is 33.9 Å². The number of hydrogen-bond donors (Lipinski definition) is 2. The fourth-order valence-electron chi connectivity index (χ4n) is 4.49. The Balaban J connectivity index is 1.37. The lowest BCUT2D eigenvalue weighted by Gasteiger charge is -2.02. The number of hydrogen-bond acceptors (Lipinski definition) is 3. The number of nitrogens with zero attached hydrogens (tertiary/aromatic N) is 3. The molecule has 0 aliphatic rings. The van der Waals surface area contributed by atoms with Gasteiger partial charge in [0.05, 0.1) is 44.8 Å². The predicted molar refractivity (Wildman–Crippen MR) is 129 cm³/mol. The summed E-state index contributed by atoms with van der Waals surface area (Å²) in [5.74, 6) is 0. The van der Waals surface area contributed by atoms with Crippen molar-refractivity contribution in [1.29, 1.82) is 0 Å². The van der Waals surface area contributed by atoms with Gasteiger partial charge in [-0.1, -0.05) is 42.5 Å². The van der Waals surface area contributed by atoms with Crippen molar-refractivity contribution in [1.82, 2.24) is 24.9 Å². The van der Waals surface area contributed by atoms with Crippen LogP contribution in [0.2, 0.25) is 0 Å². The zero-order chi connectivity index (χ0) is 21.1. The second-order valence-electron chi connectivity index (χ2n) is 7.98. The summed E-state index contributed by atoms with van der Waals surface area (Å²) in [6, 6.07) is 26.9.